The Labute approximate surface area is 62.5 Å². The van der Waals surface area contributed by atoms with Crippen molar-refractivity contribution >= 4 is 5.91 Å². The minimum atomic E-state index is -2.48. The normalized spacial score (nSPS) is 14.6. The molecule has 0 spiro atoms. The first-order valence-electron chi connectivity index (χ1n) is 4.06. The zero-order chi connectivity index (χ0) is 9.90. The van der Waals surface area contributed by atoms with Crippen molar-refractivity contribution in [3.8, 4) is 0 Å². The number of hydrogen-bond donors (Lipinski definition) is 1. The molecular weight excluding hydrogens is 130 g/mol. The van der Waals surface area contributed by atoms with E-state index < -0.39 is 12.9 Å². The first-order valence-corrected chi connectivity index (χ1v) is 2.56. The van der Waals surface area contributed by atoms with Crippen molar-refractivity contribution in [2.45, 2.75) is 0 Å². The Morgan fingerprint density at radius 3 is 3.00 bits per heavy atom. The van der Waals surface area contributed by atoms with E-state index in [4.69, 9.17) is 4.11 Å². The summed E-state index contributed by atoms with van der Waals surface area (Å²) in [6, 6.07) is 0. The van der Waals surface area contributed by atoms with Crippen LogP contribution in [-0.2, 0) is 0 Å². The number of amides is 1. The fraction of sp³-hybridized carbons (Fsp3) is 0.167. The molecule has 4 nitrogen and oxygen atoms in total. The second-order valence-corrected chi connectivity index (χ2v) is 1.58. The van der Waals surface area contributed by atoms with E-state index in [0.29, 0.717) is 0 Å². The molecule has 1 aromatic heterocycles. The van der Waals surface area contributed by atoms with Gasteiger partial charge in [-0.1, -0.05) is 0 Å². The van der Waals surface area contributed by atoms with Crippen molar-refractivity contribution in [3.05, 3.63) is 24.3 Å². The van der Waals surface area contributed by atoms with Gasteiger partial charge in [0.05, 0.1) is 5.56 Å². The maximum Gasteiger partial charge on any atom is 0.254 e. The van der Waals surface area contributed by atoms with E-state index in [-0.39, 0.29) is 5.56 Å². The Hall–Kier alpha value is -1.45. The molecule has 10 heavy (non-hydrogen) atoms. The van der Waals surface area contributed by atoms with Crippen LogP contribution in [0.1, 0.15) is 14.5 Å². The highest BCUT2D eigenvalue weighted by atomic mass is 16.1. The fourth-order valence-corrected chi connectivity index (χ4v) is 0.489. The van der Waals surface area contributed by atoms with Crippen LogP contribution in [-0.4, -0.2) is 22.9 Å². The Kier molecular flexibility index (Phi) is 1.06. The molecule has 1 heterocycles. The number of nitrogens with zero attached hydrogens (tertiary/aromatic N) is 2. The molecule has 0 aliphatic carbocycles. The van der Waals surface area contributed by atoms with Gasteiger partial charge in [-0.25, -0.2) is 9.97 Å². The van der Waals surface area contributed by atoms with E-state index in [2.05, 4.69) is 9.97 Å². The number of nitrogens with one attached hydrogen (secondary N) is 1. The highest BCUT2D eigenvalue weighted by Gasteiger charge is 1.99. The molecule has 0 saturated carbocycles. The van der Waals surface area contributed by atoms with Crippen LogP contribution in [0.15, 0.2) is 18.7 Å². The van der Waals surface area contributed by atoms with Crippen molar-refractivity contribution in [1.29, 1.82) is 0 Å². The number of carbonyl (C=O) groups excluding carboxylic acids is 1. The zero-order valence-corrected chi connectivity index (χ0v) is 5.03. The third-order valence-electron chi connectivity index (χ3n) is 0.936. The second kappa shape index (κ2) is 2.91. The molecule has 0 atom stereocenters. The highest BCUT2D eigenvalue weighted by Crippen LogP contribution is 1.90. The Balaban J connectivity index is 2.71. The quantitative estimate of drug-likeness (QED) is 0.589. The van der Waals surface area contributed by atoms with Gasteiger partial charge in [0, 0.05) is 23.5 Å². The molecule has 0 aliphatic heterocycles. The van der Waals surface area contributed by atoms with Crippen molar-refractivity contribution in [2.24, 2.45) is 0 Å². The highest BCUT2D eigenvalue weighted by molar-refractivity contribution is 5.93. The molecule has 0 radical (unpaired) electrons. The summed E-state index contributed by atoms with van der Waals surface area (Å²) in [7, 11) is 0. The molecule has 1 aromatic rings. The lowest BCUT2D eigenvalue weighted by molar-refractivity contribution is 0.0962. The molecular formula is C6H7N3O. The number of hydrogen-bond acceptors (Lipinski definition) is 3. The van der Waals surface area contributed by atoms with E-state index in [1.165, 1.54) is 18.7 Å². The van der Waals surface area contributed by atoms with Gasteiger partial charge < -0.3 is 5.32 Å². The topological polar surface area (TPSA) is 54.9 Å². The molecule has 0 aliphatic rings. The monoisotopic (exact) mass is 140 g/mol. The number of rotatable bonds is 1. The summed E-state index contributed by atoms with van der Waals surface area (Å²) in [5.74, 6) is -0.708. The largest absolute Gasteiger partial charge is 0.355 e. The second-order valence-electron chi connectivity index (χ2n) is 1.58. The predicted molar refractivity (Wildman–Crippen MR) is 35.4 cm³/mol. The van der Waals surface area contributed by atoms with Gasteiger partial charge in [-0.2, -0.15) is 0 Å². The Morgan fingerprint density at radius 2 is 2.40 bits per heavy atom. The number of aromatic nitrogens is 2. The Bertz CT molecular complexity index is 298. The van der Waals surface area contributed by atoms with Crippen LogP contribution >= 0.6 is 0 Å². The van der Waals surface area contributed by atoms with E-state index >= 15 is 0 Å². The van der Waals surface area contributed by atoms with Gasteiger partial charge in [-0.3, -0.25) is 4.79 Å². The van der Waals surface area contributed by atoms with Gasteiger partial charge in [0.1, 0.15) is 6.33 Å². The summed E-state index contributed by atoms with van der Waals surface area (Å²) in [6.07, 6.45) is 3.74. The number of carbonyl (C=O) groups is 1. The van der Waals surface area contributed by atoms with Crippen LogP contribution in [0.25, 0.3) is 0 Å². The molecule has 1 amide bonds. The maximum absolute atomic E-state index is 11.1. The van der Waals surface area contributed by atoms with Crippen molar-refractivity contribution in [1.82, 2.24) is 15.3 Å². The molecule has 0 saturated heterocycles. The summed E-state index contributed by atoms with van der Waals surface area (Å²) >= 11 is 0. The van der Waals surface area contributed by atoms with Gasteiger partial charge in [-0.15, -0.1) is 0 Å². The van der Waals surface area contributed by atoms with E-state index in [1.807, 2.05) is 5.32 Å². The fourth-order valence-electron chi connectivity index (χ4n) is 0.489. The van der Waals surface area contributed by atoms with Crippen LogP contribution in [0.5, 0.6) is 0 Å². The molecule has 52 valence electrons. The van der Waals surface area contributed by atoms with Gasteiger partial charge in [-0.05, 0) is 0 Å². The summed E-state index contributed by atoms with van der Waals surface area (Å²) in [4.78, 5) is 18.3. The molecule has 0 fully saturated rings. The molecule has 0 aromatic carbocycles. The lowest BCUT2D eigenvalue weighted by Gasteiger charge is -1.94. The smallest absolute Gasteiger partial charge is 0.254 e. The maximum atomic E-state index is 11.1. The van der Waals surface area contributed by atoms with E-state index in [9.17, 15) is 4.79 Å². The summed E-state index contributed by atoms with van der Waals surface area (Å²) in [5, 5.41) is 1.82. The first kappa shape index (κ1) is 3.65. The Morgan fingerprint density at radius 1 is 1.70 bits per heavy atom. The third kappa shape index (κ3) is 1.28. The van der Waals surface area contributed by atoms with E-state index in [0.717, 1.165) is 0 Å². The van der Waals surface area contributed by atoms with Gasteiger partial charge >= 0.3 is 0 Å². The van der Waals surface area contributed by atoms with Crippen molar-refractivity contribution in [3.63, 3.8) is 0 Å². The lowest BCUT2D eigenvalue weighted by atomic mass is 10.3. The average Bonchev–Trinajstić information content (AvgIpc) is 2.03. The summed E-state index contributed by atoms with van der Waals surface area (Å²) in [6.45, 7) is -2.48. The van der Waals surface area contributed by atoms with Crippen molar-refractivity contribution in [2.75, 3.05) is 6.98 Å². The van der Waals surface area contributed by atoms with Crippen LogP contribution in [0.3, 0.4) is 0 Å². The van der Waals surface area contributed by atoms with Gasteiger partial charge in [0.15, 0.2) is 0 Å². The average molecular weight is 140 g/mol. The van der Waals surface area contributed by atoms with Gasteiger partial charge in [0.2, 0.25) is 0 Å². The van der Waals surface area contributed by atoms with Crippen LogP contribution in [0.4, 0.5) is 0 Å². The molecule has 1 N–H and O–H groups in total. The van der Waals surface area contributed by atoms with Crippen molar-refractivity contribution < 1.29 is 8.91 Å². The summed E-state index contributed by atoms with van der Waals surface area (Å²) < 4.78 is 20.3. The van der Waals surface area contributed by atoms with Crippen LogP contribution in [0.2, 0.25) is 0 Å². The minimum Gasteiger partial charge on any atom is -0.355 e. The summed E-state index contributed by atoms with van der Waals surface area (Å²) in [5.41, 5.74) is 0.124. The van der Waals surface area contributed by atoms with Crippen LogP contribution in [0, 0.1) is 0 Å². The van der Waals surface area contributed by atoms with Gasteiger partial charge in [0.25, 0.3) is 5.91 Å². The predicted octanol–water partition coefficient (Wildman–Crippen LogP) is -0.164. The SMILES string of the molecule is [2H]C([2H])([2H])NC(=O)c1cncnc1. The third-order valence-corrected chi connectivity index (χ3v) is 0.936. The molecule has 4 heteroatoms. The molecule has 0 unspecified atom stereocenters. The molecule has 1 rings (SSSR count). The lowest BCUT2D eigenvalue weighted by Crippen LogP contribution is -2.17. The standard InChI is InChI=1S/C6H7N3O/c1-7-6(10)5-2-8-4-9-3-5/h2-4H,1H3,(H,7,10)/i1D3. The minimum absolute atomic E-state index is 0.124. The zero-order valence-electron chi connectivity index (χ0n) is 8.03. The molecule has 0 bridgehead atoms. The van der Waals surface area contributed by atoms with Crippen LogP contribution < -0.4 is 5.32 Å². The van der Waals surface area contributed by atoms with E-state index in [1.54, 1.807) is 0 Å². The first-order chi connectivity index (χ1) is 5.99.